The Balaban J connectivity index is 1.83. The van der Waals surface area contributed by atoms with Crippen molar-refractivity contribution in [2.45, 2.75) is 32.4 Å². The number of hydrogen-bond acceptors (Lipinski definition) is 3. The molecule has 0 aliphatic rings. The summed E-state index contributed by atoms with van der Waals surface area (Å²) in [5.74, 6) is -0.260. The molecule has 0 saturated heterocycles. The van der Waals surface area contributed by atoms with Gasteiger partial charge in [-0.15, -0.1) is 0 Å². The fourth-order valence-electron chi connectivity index (χ4n) is 1.85. The van der Waals surface area contributed by atoms with Crippen molar-refractivity contribution in [3.8, 4) is 0 Å². The minimum atomic E-state index is -0.800. The topological polar surface area (TPSA) is 39.4 Å². The predicted octanol–water partition coefficient (Wildman–Crippen LogP) is 4.12. The molecule has 1 heterocycles. The number of halogens is 1. The molecule has 0 aliphatic heterocycles. The van der Waals surface area contributed by atoms with Gasteiger partial charge in [-0.3, -0.25) is 0 Å². The van der Waals surface area contributed by atoms with Crippen LogP contribution in [-0.2, 0) is 4.74 Å². The Labute approximate surface area is 111 Å². The molecule has 0 saturated carbocycles. The highest BCUT2D eigenvalue weighted by Crippen LogP contribution is 2.19. The molecule has 0 fully saturated rings. The van der Waals surface area contributed by atoms with Gasteiger partial charge in [-0.05, 0) is 38.3 Å². The highest BCUT2D eigenvalue weighted by atomic mass is 19.1. The first-order chi connectivity index (χ1) is 9.16. The van der Waals surface area contributed by atoms with E-state index in [1.807, 2.05) is 18.2 Å². The zero-order valence-corrected chi connectivity index (χ0v) is 10.9. The van der Waals surface area contributed by atoms with Gasteiger partial charge in [0.05, 0.1) is 12.8 Å². The van der Waals surface area contributed by atoms with Gasteiger partial charge in [-0.25, -0.2) is 9.18 Å². The minimum Gasteiger partial charge on any atom is -0.460 e. The van der Waals surface area contributed by atoms with E-state index in [1.165, 1.54) is 6.92 Å². The van der Waals surface area contributed by atoms with E-state index in [2.05, 4.69) is 0 Å². The lowest BCUT2D eigenvalue weighted by Crippen LogP contribution is -2.05. The van der Waals surface area contributed by atoms with Crippen LogP contribution in [0.1, 0.15) is 36.7 Å². The molecule has 0 aliphatic carbocycles. The zero-order valence-electron chi connectivity index (χ0n) is 10.9. The molecule has 19 heavy (non-hydrogen) atoms. The Kier molecular flexibility index (Phi) is 4.55. The molecule has 0 spiro atoms. The smallest absolute Gasteiger partial charge is 0.374 e. The Bertz CT molecular complexity index is 512. The summed E-state index contributed by atoms with van der Waals surface area (Å²) in [6, 6.07) is 9.07. The maximum absolute atomic E-state index is 12.5. The number of esters is 1. The van der Waals surface area contributed by atoms with Crippen molar-refractivity contribution >= 4 is 16.9 Å². The largest absolute Gasteiger partial charge is 0.460 e. The summed E-state index contributed by atoms with van der Waals surface area (Å²) < 4.78 is 23.0. The Morgan fingerprint density at radius 1 is 1.37 bits per heavy atom. The molecule has 2 rings (SSSR count). The van der Waals surface area contributed by atoms with Gasteiger partial charge >= 0.3 is 5.97 Å². The van der Waals surface area contributed by atoms with Crippen LogP contribution in [0.5, 0.6) is 0 Å². The Morgan fingerprint density at radius 2 is 2.16 bits per heavy atom. The van der Waals surface area contributed by atoms with Crippen LogP contribution in [0.15, 0.2) is 34.7 Å². The molecule has 2 aromatic rings. The number of fused-ring (bicyclic) bond motifs is 1. The van der Waals surface area contributed by atoms with E-state index >= 15 is 0 Å². The molecule has 1 aromatic heterocycles. The number of para-hydroxylation sites is 1. The van der Waals surface area contributed by atoms with Gasteiger partial charge < -0.3 is 9.15 Å². The molecule has 1 atom stereocenters. The van der Waals surface area contributed by atoms with Crippen LogP contribution in [0, 0.1) is 0 Å². The molecule has 0 N–H and O–H groups in total. The van der Waals surface area contributed by atoms with E-state index < -0.39 is 12.1 Å². The number of carbonyl (C=O) groups excluding carboxylic acids is 1. The third kappa shape index (κ3) is 3.81. The van der Waals surface area contributed by atoms with E-state index in [1.54, 1.807) is 12.1 Å². The molecular formula is C15H17FO3. The van der Waals surface area contributed by atoms with Crippen molar-refractivity contribution in [2.75, 3.05) is 6.61 Å². The summed E-state index contributed by atoms with van der Waals surface area (Å²) in [6.07, 6.45) is 1.08. The number of alkyl halides is 1. The lowest BCUT2D eigenvalue weighted by Gasteiger charge is -2.03. The quantitative estimate of drug-likeness (QED) is 0.582. The summed E-state index contributed by atoms with van der Waals surface area (Å²) in [4.78, 5) is 11.7. The fourth-order valence-corrected chi connectivity index (χ4v) is 1.85. The average molecular weight is 264 g/mol. The van der Waals surface area contributed by atoms with Crippen molar-refractivity contribution < 1.29 is 18.3 Å². The Hall–Kier alpha value is -1.84. The second-order valence-corrected chi connectivity index (χ2v) is 4.56. The van der Waals surface area contributed by atoms with E-state index in [4.69, 9.17) is 9.15 Å². The van der Waals surface area contributed by atoms with Crippen LogP contribution >= 0.6 is 0 Å². The molecule has 1 unspecified atom stereocenters. The average Bonchev–Trinajstić information content (AvgIpc) is 2.81. The first-order valence-corrected chi connectivity index (χ1v) is 6.46. The van der Waals surface area contributed by atoms with Crippen molar-refractivity contribution in [3.63, 3.8) is 0 Å². The van der Waals surface area contributed by atoms with Gasteiger partial charge in [0.25, 0.3) is 0 Å². The summed E-state index contributed by atoms with van der Waals surface area (Å²) in [5, 5.41) is 0.876. The van der Waals surface area contributed by atoms with Crippen molar-refractivity contribution in [1.82, 2.24) is 0 Å². The number of hydrogen-bond donors (Lipinski definition) is 0. The number of furan rings is 1. The fraction of sp³-hybridized carbons (Fsp3) is 0.400. The summed E-state index contributed by atoms with van der Waals surface area (Å²) >= 11 is 0. The first-order valence-electron chi connectivity index (χ1n) is 6.46. The number of unbranched alkanes of at least 4 members (excludes halogenated alkanes) is 1. The molecule has 0 bridgehead atoms. The predicted molar refractivity (Wildman–Crippen MR) is 70.9 cm³/mol. The maximum Gasteiger partial charge on any atom is 0.374 e. The van der Waals surface area contributed by atoms with E-state index in [0.29, 0.717) is 31.5 Å². The zero-order chi connectivity index (χ0) is 13.7. The van der Waals surface area contributed by atoms with Gasteiger partial charge in [0.1, 0.15) is 5.58 Å². The van der Waals surface area contributed by atoms with Crippen LogP contribution in [-0.4, -0.2) is 18.7 Å². The van der Waals surface area contributed by atoms with E-state index in [9.17, 15) is 9.18 Å². The normalized spacial score (nSPS) is 12.5. The van der Waals surface area contributed by atoms with Crippen molar-refractivity contribution in [2.24, 2.45) is 0 Å². The van der Waals surface area contributed by atoms with E-state index in [-0.39, 0.29) is 5.76 Å². The number of ether oxygens (including phenoxy) is 1. The van der Waals surface area contributed by atoms with Crippen molar-refractivity contribution in [3.05, 3.63) is 36.1 Å². The van der Waals surface area contributed by atoms with Crippen molar-refractivity contribution in [1.29, 1.82) is 0 Å². The molecule has 102 valence electrons. The van der Waals surface area contributed by atoms with Gasteiger partial charge in [0.15, 0.2) is 0 Å². The van der Waals surface area contributed by atoms with Gasteiger partial charge in [0.2, 0.25) is 5.76 Å². The lowest BCUT2D eigenvalue weighted by atomic mass is 10.2. The second-order valence-electron chi connectivity index (χ2n) is 4.56. The minimum absolute atomic E-state index is 0.208. The third-order valence-corrected chi connectivity index (χ3v) is 2.86. The van der Waals surface area contributed by atoms with Gasteiger partial charge in [0, 0.05) is 5.39 Å². The lowest BCUT2D eigenvalue weighted by molar-refractivity contribution is 0.0463. The number of rotatable bonds is 6. The standard InChI is InChI=1S/C15H17FO3/c1-11(16)6-4-5-9-18-15(17)14-10-12-7-2-3-8-13(12)19-14/h2-3,7-8,10-11H,4-6,9H2,1H3. The molecule has 0 amide bonds. The monoisotopic (exact) mass is 264 g/mol. The van der Waals surface area contributed by atoms with E-state index in [0.717, 1.165) is 5.39 Å². The molecular weight excluding hydrogens is 247 g/mol. The van der Waals surface area contributed by atoms with Crippen LogP contribution in [0.2, 0.25) is 0 Å². The number of carbonyl (C=O) groups is 1. The summed E-state index contributed by atoms with van der Waals surface area (Å²) in [6.45, 7) is 1.82. The third-order valence-electron chi connectivity index (χ3n) is 2.86. The first kappa shape index (κ1) is 13.6. The van der Waals surface area contributed by atoms with Crippen LogP contribution in [0.4, 0.5) is 4.39 Å². The summed E-state index contributed by atoms with van der Waals surface area (Å²) in [7, 11) is 0. The van der Waals surface area contributed by atoms with Gasteiger partial charge in [-0.1, -0.05) is 18.2 Å². The SMILES string of the molecule is CC(F)CCCCOC(=O)c1cc2ccccc2o1. The summed E-state index contributed by atoms with van der Waals surface area (Å²) in [5.41, 5.74) is 0.667. The molecule has 4 heteroatoms. The molecule has 1 aromatic carbocycles. The van der Waals surface area contributed by atoms with Gasteiger partial charge in [-0.2, -0.15) is 0 Å². The Morgan fingerprint density at radius 3 is 2.89 bits per heavy atom. The second kappa shape index (κ2) is 6.36. The number of benzene rings is 1. The highest BCUT2D eigenvalue weighted by molar-refractivity contribution is 5.92. The maximum atomic E-state index is 12.5. The molecule has 0 radical (unpaired) electrons. The highest BCUT2D eigenvalue weighted by Gasteiger charge is 2.13. The van der Waals surface area contributed by atoms with Crippen LogP contribution in [0.25, 0.3) is 11.0 Å². The van der Waals surface area contributed by atoms with Crippen LogP contribution < -0.4 is 0 Å². The molecule has 3 nitrogen and oxygen atoms in total. The van der Waals surface area contributed by atoms with Crippen LogP contribution in [0.3, 0.4) is 0 Å².